The molecule has 0 amide bonds. The summed E-state index contributed by atoms with van der Waals surface area (Å²) < 4.78 is 4.26. The summed E-state index contributed by atoms with van der Waals surface area (Å²) in [6.45, 7) is 13.4. The molecule has 0 bridgehead atoms. The number of nitrogens with zero attached hydrogens (tertiary/aromatic N) is 4. The van der Waals surface area contributed by atoms with Gasteiger partial charge < -0.3 is 0 Å². The Morgan fingerprint density at radius 1 is 1.16 bits per heavy atom. The van der Waals surface area contributed by atoms with E-state index in [1.165, 1.54) is 24.2 Å². The van der Waals surface area contributed by atoms with Crippen molar-refractivity contribution >= 4 is 0 Å². The molecule has 0 saturated carbocycles. The number of hydrogen-bond donors (Lipinski definition) is 0. The molecule has 1 atom stereocenters. The number of unbranched alkanes of at least 4 members (excludes halogenated alkanes) is 1. The number of aromatic nitrogens is 4. The lowest BCUT2D eigenvalue weighted by molar-refractivity contribution is -0.761. The Morgan fingerprint density at radius 3 is 2.52 bits per heavy atom. The highest BCUT2D eigenvalue weighted by atomic mass is 15.6. The molecule has 0 aliphatic heterocycles. The zero-order valence-electron chi connectivity index (χ0n) is 16.7. The average molecular weight is 344 g/mol. The van der Waals surface area contributed by atoms with Crippen LogP contribution in [0.5, 0.6) is 0 Å². The molecule has 0 spiro atoms. The number of aryl methyl sites for hydroxylation is 3. The normalized spacial score (nSPS) is 13.2. The van der Waals surface area contributed by atoms with Gasteiger partial charge in [-0.1, -0.05) is 76.1 Å². The lowest BCUT2D eigenvalue weighted by atomic mass is 9.84. The number of rotatable bonds is 9. The van der Waals surface area contributed by atoms with Crippen LogP contribution in [-0.4, -0.2) is 15.1 Å². The van der Waals surface area contributed by atoms with Gasteiger partial charge in [0.25, 0.3) is 5.82 Å². The van der Waals surface area contributed by atoms with E-state index >= 15 is 0 Å². The minimum absolute atomic E-state index is 0.357. The van der Waals surface area contributed by atoms with Gasteiger partial charge in [-0.15, -0.1) is 4.68 Å². The summed E-state index contributed by atoms with van der Waals surface area (Å²) in [4.78, 5) is 0. The number of tetrazole rings is 1. The summed E-state index contributed by atoms with van der Waals surface area (Å²) in [5.74, 6) is 1.91. The number of benzene rings is 1. The first-order valence-corrected chi connectivity index (χ1v) is 9.75. The second kappa shape index (κ2) is 9.12. The molecule has 0 N–H and O–H groups in total. The Labute approximate surface area is 153 Å². The Balaban J connectivity index is 2.10. The molecule has 25 heavy (non-hydrogen) atoms. The molecule has 0 aliphatic rings. The molecule has 1 unspecified atom stereocenters. The lowest BCUT2D eigenvalue weighted by Crippen LogP contribution is -2.41. The van der Waals surface area contributed by atoms with E-state index in [2.05, 4.69) is 84.7 Å². The van der Waals surface area contributed by atoms with Crippen LogP contribution in [-0.2, 0) is 25.9 Å². The molecule has 4 nitrogen and oxygen atoms in total. The maximum Gasteiger partial charge on any atom is 0.257 e. The van der Waals surface area contributed by atoms with Crippen LogP contribution in [0.3, 0.4) is 0 Å². The molecule has 138 valence electrons. The first-order chi connectivity index (χ1) is 11.9. The molecule has 1 heterocycles. The van der Waals surface area contributed by atoms with Crippen molar-refractivity contribution in [1.29, 1.82) is 0 Å². The van der Waals surface area contributed by atoms with E-state index in [-0.39, 0.29) is 0 Å². The van der Waals surface area contributed by atoms with E-state index in [1.807, 2.05) is 0 Å². The van der Waals surface area contributed by atoms with Crippen LogP contribution in [0, 0.1) is 11.3 Å². The summed E-state index contributed by atoms with van der Waals surface area (Å²) in [6.07, 6.45) is 5.59. The fourth-order valence-corrected chi connectivity index (χ4v) is 3.51. The third-order valence-electron chi connectivity index (χ3n) is 4.52. The maximum atomic E-state index is 4.46. The van der Waals surface area contributed by atoms with E-state index < -0.39 is 0 Å². The summed E-state index contributed by atoms with van der Waals surface area (Å²) >= 11 is 0. The van der Waals surface area contributed by atoms with E-state index in [0.717, 1.165) is 32.4 Å². The summed E-state index contributed by atoms with van der Waals surface area (Å²) in [6, 6.07) is 10.6. The van der Waals surface area contributed by atoms with Gasteiger partial charge in [0, 0.05) is 12.8 Å². The third-order valence-corrected chi connectivity index (χ3v) is 4.52. The highest BCUT2D eigenvalue weighted by Gasteiger charge is 2.24. The van der Waals surface area contributed by atoms with Crippen molar-refractivity contribution < 1.29 is 4.68 Å². The van der Waals surface area contributed by atoms with Crippen LogP contribution < -0.4 is 4.68 Å². The quantitative estimate of drug-likeness (QED) is 0.639. The largest absolute Gasteiger partial charge is 0.257 e. The lowest BCUT2D eigenvalue weighted by Gasteiger charge is -2.22. The molecule has 1 aromatic heterocycles. The van der Waals surface area contributed by atoms with Crippen molar-refractivity contribution in [3.05, 3.63) is 41.7 Å². The van der Waals surface area contributed by atoms with Crippen LogP contribution in [0.1, 0.15) is 65.3 Å². The van der Waals surface area contributed by atoms with Crippen molar-refractivity contribution in [3.8, 4) is 0 Å². The summed E-state index contributed by atoms with van der Waals surface area (Å²) in [5.41, 5.74) is 1.71. The van der Waals surface area contributed by atoms with Crippen molar-refractivity contribution in [2.45, 2.75) is 79.8 Å². The fourth-order valence-electron chi connectivity index (χ4n) is 3.51. The van der Waals surface area contributed by atoms with Crippen molar-refractivity contribution in [2.75, 3.05) is 0 Å². The monoisotopic (exact) mass is 343 g/mol. The van der Waals surface area contributed by atoms with Gasteiger partial charge in [0.15, 0.2) is 5.21 Å². The Hall–Kier alpha value is -1.71. The van der Waals surface area contributed by atoms with Crippen molar-refractivity contribution in [1.82, 2.24) is 15.1 Å². The average Bonchev–Trinajstić information content (AvgIpc) is 2.92. The first kappa shape index (κ1) is 19.6. The van der Waals surface area contributed by atoms with E-state index in [4.69, 9.17) is 0 Å². The minimum atomic E-state index is 0.357. The van der Waals surface area contributed by atoms with Gasteiger partial charge >= 0.3 is 0 Å². The van der Waals surface area contributed by atoms with Gasteiger partial charge in [0.1, 0.15) is 11.8 Å². The molecule has 4 heteroatoms. The molecule has 2 aromatic rings. The Morgan fingerprint density at radius 2 is 1.88 bits per heavy atom. The first-order valence-electron chi connectivity index (χ1n) is 9.75. The Bertz CT molecular complexity index is 625. The predicted molar refractivity (Wildman–Crippen MR) is 102 cm³/mol. The van der Waals surface area contributed by atoms with Gasteiger partial charge in [0.2, 0.25) is 0 Å². The summed E-state index contributed by atoms with van der Waals surface area (Å²) in [5, 5.41) is 8.91. The van der Waals surface area contributed by atoms with Crippen molar-refractivity contribution in [3.63, 3.8) is 0 Å². The second-order valence-corrected chi connectivity index (χ2v) is 8.50. The third kappa shape index (κ3) is 6.60. The van der Waals surface area contributed by atoms with Crippen molar-refractivity contribution in [2.24, 2.45) is 11.3 Å². The minimum Gasteiger partial charge on any atom is -0.137 e. The second-order valence-electron chi connectivity index (χ2n) is 8.50. The SMILES string of the molecule is CCCC[n+]1nnn(CCc2ccccc2)c1CC(C)CC(C)(C)C. The van der Waals surface area contributed by atoms with Crippen LogP contribution in [0.25, 0.3) is 0 Å². The highest BCUT2D eigenvalue weighted by Crippen LogP contribution is 2.25. The topological polar surface area (TPSA) is 34.6 Å². The van der Waals surface area contributed by atoms with Gasteiger partial charge in [-0.05, 0) is 29.7 Å². The van der Waals surface area contributed by atoms with Gasteiger partial charge in [-0.3, -0.25) is 0 Å². The van der Waals surface area contributed by atoms with Gasteiger partial charge in [0.05, 0.1) is 6.54 Å². The molecule has 0 saturated heterocycles. The van der Waals surface area contributed by atoms with Crippen LogP contribution in [0.2, 0.25) is 0 Å². The molecule has 0 radical (unpaired) electrons. The molecule has 0 aliphatic carbocycles. The standard InChI is InChI=1S/C21H35N4/c1-6-7-14-24-20(16-18(2)17-21(3,4)5)25(23-22-24)15-13-19-11-9-8-10-12-19/h8-12,18H,6-7,13-17H2,1-5H3/q+1. The van der Waals surface area contributed by atoms with Gasteiger partial charge in [-0.2, -0.15) is 0 Å². The van der Waals surface area contributed by atoms with E-state index in [1.54, 1.807) is 0 Å². The fraction of sp³-hybridized carbons (Fsp3) is 0.667. The van der Waals surface area contributed by atoms with E-state index in [0.29, 0.717) is 11.3 Å². The molecule has 2 rings (SSSR count). The molecule has 0 fully saturated rings. The van der Waals surface area contributed by atoms with Crippen LogP contribution in [0.15, 0.2) is 30.3 Å². The van der Waals surface area contributed by atoms with Crippen LogP contribution in [0.4, 0.5) is 0 Å². The van der Waals surface area contributed by atoms with Crippen LogP contribution >= 0.6 is 0 Å². The van der Waals surface area contributed by atoms with Gasteiger partial charge in [-0.25, -0.2) is 0 Å². The highest BCUT2D eigenvalue weighted by molar-refractivity contribution is 5.14. The molecule has 1 aromatic carbocycles. The summed E-state index contributed by atoms with van der Waals surface area (Å²) in [7, 11) is 0. The maximum absolute atomic E-state index is 4.46. The number of hydrogen-bond acceptors (Lipinski definition) is 2. The van der Waals surface area contributed by atoms with E-state index in [9.17, 15) is 0 Å². The zero-order chi connectivity index (χ0) is 18.3. The Kier molecular flexibility index (Phi) is 7.15. The molecular weight excluding hydrogens is 308 g/mol. The smallest absolute Gasteiger partial charge is 0.137 e. The zero-order valence-corrected chi connectivity index (χ0v) is 16.7. The predicted octanol–water partition coefficient (Wildman–Crippen LogP) is 4.22. The molecular formula is C21H35N4+.